The molecule has 0 unspecified atom stereocenters. The van der Waals surface area contributed by atoms with Gasteiger partial charge in [-0.1, -0.05) is 35.3 Å². The van der Waals surface area contributed by atoms with E-state index < -0.39 is 0 Å². The van der Waals surface area contributed by atoms with Crippen LogP contribution in [-0.2, 0) is 13.1 Å². The standard InChI is InChI=1S/C17H19Cl2N3O/c1-12(2)21-17(23)22(10-13-4-3-7-20-9-13)11-14-5-6-15(18)8-16(14)19/h3-9,12H,10-11H2,1-2H3,(H,21,23). The molecule has 0 bridgehead atoms. The zero-order valence-corrected chi connectivity index (χ0v) is 14.6. The number of pyridine rings is 1. The van der Waals surface area contributed by atoms with Crippen molar-refractivity contribution in [3.63, 3.8) is 0 Å². The van der Waals surface area contributed by atoms with Crippen molar-refractivity contribution in [1.29, 1.82) is 0 Å². The lowest BCUT2D eigenvalue weighted by molar-refractivity contribution is 0.189. The molecule has 0 spiro atoms. The lowest BCUT2D eigenvalue weighted by Gasteiger charge is -2.25. The minimum Gasteiger partial charge on any atom is -0.336 e. The van der Waals surface area contributed by atoms with Crippen molar-refractivity contribution in [2.75, 3.05) is 0 Å². The molecule has 0 saturated heterocycles. The Balaban J connectivity index is 2.20. The number of carbonyl (C=O) groups is 1. The Labute approximate surface area is 146 Å². The van der Waals surface area contributed by atoms with Crippen molar-refractivity contribution in [1.82, 2.24) is 15.2 Å². The lowest BCUT2D eigenvalue weighted by Crippen LogP contribution is -2.42. The zero-order chi connectivity index (χ0) is 16.8. The first-order chi connectivity index (χ1) is 11.0. The Hall–Kier alpha value is -1.78. The molecule has 0 aliphatic rings. The first kappa shape index (κ1) is 17.6. The highest BCUT2D eigenvalue weighted by atomic mass is 35.5. The van der Waals surface area contributed by atoms with E-state index in [2.05, 4.69) is 10.3 Å². The van der Waals surface area contributed by atoms with Gasteiger partial charge in [-0.25, -0.2) is 4.79 Å². The molecule has 23 heavy (non-hydrogen) atoms. The van der Waals surface area contributed by atoms with Crippen molar-refractivity contribution in [2.45, 2.75) is 33.0 Å². The van der Waals surface area contributed by atoms with Crippen LogP contribution in [0.4, 0.5) is 4.79 Å². The number of amides is 2. The molecule has 1 heterocycles. The molecule has 122 valence electrons. The van der Waals surface area contributed by atoms with Crippen LogP contribution in [0.25, 0.3) is 0 Å². The molecule has 0 radical (unpaired) electrons. The molecule has 0 saturated carbocycles. The van der Waals surface area contributed by atoms with E-state index in [1.165, 1.54) is 0 Å². The second kappa shape index (κ2) is 8.18. The van der Waals surface area contributed by atoms with Crippen molar-refractivity contribution in [2.24, 2.45) is 0 Å². The number of rotatable bonds is 5. The third-order valence-electron chi connectivity index (χ3n) is 3.17. The van der Waals surface area contributed by atoms with Gasteiger partial charge in [-0.05, 0) is 43.2 Å². The summed E-state index contributed by atoms with van der Waals surface area (Å²) in [5.74, 6) is 0. The summed E-state index contributed by atoms with van der Waals surface area (Å²) in [4.78, 5) is 18.3. The Morgan fingerprint density at radius 1 is 1.26 bits per heavy atom. The van der Waals surface area contributed by atoms with Gasteiger partial charge >= 0.3 is 6.03 Å². The van der Waals surface area contributed by atoms with E-state index in [0.29, 0.717) is 23.1 Å². The summed E-state index contributed by atoms with van der Waals surface area (Å²) >= 11 is 12.2. The number of hydrogen-bond acceptors (Lipinski definition) is 2. The summed E-state index contributed by atoms with van der Waals surface area (Å²) < 4.78 is 0. The van der Waals surface area contributed by atoms with Gasteiger partial charge in [-0.3, -0.25) is 4.98 Å². The van der Waals surface area contributed by atoms with E-state index in [9.17, 15) is 4.79 Å². The fraction of sp³-hybridized carbons (Fsp3) is 0.294. The van der Waals surface area contributed by atoms with Crippen molar-refractivity contribution in [3.8, 4) is 0 Å². The topological polar surface area (TPSA) is 45.2 Å². The molecule has 0 atom stereocenters. The number of aromatic nitrogens is 1. The van der Waals surface area contributed by atoms with E-state index in [4.69, 9.17) is 23.2 Å². The third-order valence-corrected chi connectivity index (χ3v) is 3.76. The van der Waals surface area contributed by atoms with Crippen LogP contribution in [0.3, 0.4) is 0 Å². The van der Waals surface area contributed by atoms with Crippen LogP contribution >= 0.6 is 23.2 Å². The lowest BCUT2D eigenvalue weighted by atomic mass is 10.2. The van der Waals surface area contributed by atoms with Gasteiger partial charge < -0.3 is 10.2 Å². The Kier molecular flexibility index (Phi) is 6.25. The average Bonchev–Trinajstić information content (AvgIpc) is 2.49. The Bertz CT molecular complexity index is 662. The van der Waals surface area contributed by atoms with Crippen LogP contribution < -0.4 is 5.32 Å². The van der Waals surface area contributed by atoms with Crippen LogP contribution in [0.15, 0.2) is 42.7 Å². The Morgan fingerprint density at radius 3 is 2.65 bits per heavy atom. The van der Waals surface area contributed by atoms with Crippen LogP contribution in [0.1, 0.15) is 25.0 Å². The average molecular weight is 352 g/mol. The van der Waals surface area contributed by atoms with E-state index in [-0.39, 0.29) is 12.1 Å². The van der Waals surface area contributed by atoms with Crippen LogP contribution in [-0.4, -0.2) is 22.0 Å². The van der Waals surface area contributed by atoms with Gasteiger partial charge in [0.05, 0.1) is 0 Å². The van der Waals surface area contributed by atoms with Gasteiger partial charge in [0.15, 0.2) is 0 Å². The minimum atomic E-state index is -0.144. The minimum absolute atomic E-state index is 0.0552. The predicted octanol–water partition coefficient (Wildman–Crippen LogP) is 4.51. The van der Waals surface area contributed by atoms with E-state index in [1.54, 1.807) is 29.4 Å². The largest absolute Gasteiger partial charge is 0.336 e. The van der Waals surface area contributed by atoms with Crippen molar-refractivity contribution in [3.05, 3.63) is 63.9 Å². The molecule has 1 aromatic carbocycles. The van der Waals surface area contributed by atoms with Crippen molar-refractivity contribution < 1.29 is 4.79 Å². The van der Waals surface area contributed by atoms with Gasteiger partial charge in [0.25, 0.3) is 0 Å². The third kappa shape index (κ3) is 5.41. The second-order valence-electron chi connectivity index (χ2n) is 5.56. The molecule has 1 N–H and O–H groups in total. The SMILES string of the molecule is CC(C)NC(=O)N(Cc1cccnc1)Cc1ccc(Cl)cc1Cl. The molecule has 2 rings (SSSR count). The number of nitrogens with zero attached hydrogens (tertiary/aromatic N) is 2. The molecule has 0 aliphatic heterocycles. The highest BCUT2D eigenvalue weighted by Crippen LogP contribution is 2.23. The molecular weight excluding hydrogens is 333 g/mol. The van der Waals surface area contributed by atoms with E-state index >= 15 is 0 Å². The van der Waals surface area contributed by atoms with Crippen LogP contribution in [0.2, 0.25) is 10.0 Å². The second-order valence-corrected chi connectivity index (χ2v) is 6.40. The van der Waals surface area contributed by atoms with Gasteiger partial charge in [0, 0.05) is 41.6 Å². The predicted molar refractivity (Wildman–Crippen MR) is 93.6 cm³/mol. The van der Waals surface area contributed by atoms with Crippen molar-refractivity contribution >= 4 is 29.2 Å². The summed E-state index contributed by atoms with van der Waals surface area (Å²) in [6.07, 6.45) is 3.46. The number of urea groups is 1. The summed E-state index contributed by atoms with van der Waals surface area (Å²) in [6.45, 7) is 4.69. The quantitative estimate of drug-likeness (QED) is 0.861. The summed E-state index contributed by atoms with van der Waals surface area (Å²) in [6, 6.07) is 8.99. The first-order valence-corrected chi connectivity index (χ1v) is 8.09. The maximum absolute atomic E-state index is 12.5. The summed E-state index contributed by atoms with van der Waals surface area (Å²) in [5.41, 5.74) is 1.80. The van der Waals surface area contributed by atoms with Crippen LogP contribution in [0, 0.1) is 0 Å². The number of hydrogen-bond donors (Lipinski definition) is 1. The highest BCUT2D eigenvalue weighted by Gasteiger charge is 2.17. The number of carbonyl (C=O) groups excluding carboxylic acids is 1. The normalized spacial score (nSPS) is 10.7. The van der Waals surface area contributed by atoms with Crippen LogP contribution in [0.5, 0.6) is 0 Å². The molecule has 1 aromatic heterocycles. The molecule has 0 aliphatic carbocycles. The van der Waals surface area contributed by atoms with E-state index in [1.807, 2.05) is 32.0 Å². The van der Waals surface area contributed by atoms with Gasteiger partial charge in [0.2, 0.25) is 0 Å². The van der Waals surface area contributed by atoms with Gasteiger partial charge in [-0.15, -0.1) is 0 Å². The maximum Gasteiger partial charge on any atom is 0.318 e. The monoisotopic (exact) mass is 351 g/mol. The van der Waals surface area contributed by atoms with E-state index in [0.717, 1.165) is 11.1 Å². The molecular formula is C17H19Cl2N3O. The number of benzene rings is 1. The first-order valence-electron chi connectivity index (χ1n) is 7.34. The summed E-state index contributed by atoms with van der Waals surface area (Å²) in [7, 11) is 0. The highest BCUT2D eigenvalue weighted by molar-refractivity contribution is 6.35. The molecule has 0 fully saturated rings. The molecule has 2 aromatic rings. The number of halogens is 2. The zero-order valence-electron chi connectivity index (χ0n) is 13.1. The molecule has 4 nitrogen and oxygen atoms in total. The number of nitrogens with one attached hydrogen (secondary N) is 1. The Morgan fingerprint density at radius 2 is 2.04 bits per heavy atom. The smallest absolute Gasteiger partial charge is 0.318 e. The maximum atomic E-state index is 12.5. The fourth-order valence-electron chi connectivity index (χ4n) is 2.11. The fourth-order valence-corrected chi connectivity index (χ4v) is 2.57. The van der Waals surface area contributed by atoms with Gasteiger partial charge in [0.1, 0.15) is 0 Å². The molecule has 2 amide bonds. The van der Waals surface area contributed by atoms with Gasteiger partial charge in [-0.2, -0.15) is 0 Å². The summed E-state index contributed by atoms with van der Waals surface area (Å²) in [5, 5.41) is 4.03. The molecule has 6 heteroatoms.